The Kier molecular flexibility index (Phi) is 4.49. The molecule has 0 unspecified atom stereocenters. The van der Waals surface area contributed by atoms with Gasteiger partial charge in [0.2, 0.25) is 11.9 Å². The summed E-state index contributed by atoms with van der Waals surface area (Å²) in [5, 5.41) is 3.64. The van der Waals surface area contributed by atoms with Crippen molar-refractivity contribution in [2.45, 2.75) is 37.8 Å². The van der Waals surface area contributed by atoms with Gasteiger partial charge in [0.1, 0.15) is 5.69 Å². The van der Waals surface area contributed by atoms with Crippen LogP contribution in [0.5, 0.6) is 0 Å². The molecule has 0 radical (unpaired) electrons. The third-order valence-electron chi connectivity index (χ3n) is 3.81. The second kappa shape index (κ2) is 6.54. The number of anilines is 1. The van der Waals surface area contributed by atoms with Gasteiger partial charge in [0.05, 0.1) is 16.9 Å². The molecule has 0 amide bonds. The molecule has 5 nitrogen and oxygen atoms in total. The molecule has 2 aromatic heterocycles. The largest absolute Gasteiger partial charge is 0.351 e. The van der Waals surface area contributed by atoms with Gasteiger partial charge in [0.25, 0.3) is 0 Å². The molecule has 2 heterocycles. The third kappa shape index (κ3) is 3.51. The van der Waals surface area contributed by atoms with Crippen LogP contribution in [-0.4, -0.2) is 27.0 Å². The number of nitrogens with two attached hydrogens (primary N) is 1. The Bertz CT molecular complexity index is 658. The van der Waals surface area contributed by atoms with E-state index in [1.54, 1.807) is 12.1 Å². The zero-order valence-corrected chi connectivity index (χ0v) is 12.7. The van der Waals surface area contributed by atoms with Crippen LogP contribution in [0.3, 0.4) is 0 Å². The average molecular weight is 322 g/mol. The second-order valence-electron chi connectivity index (χ2n) is 5.49. The number of hydrogen-bond donors (Lipinski definition) is 2. The minimum atomic E-state index is -0.567. The molecule has 3 N–H and O–H groups in total. The Morgan fingerprint density at radius 2 is 1.95 bits per heavy atom. The van der Waals surface area contributed by atoms with Gasteiger partial charge in [-0.3, -0.25) is 0 Å². The summed E-state index contributed by atoms with van der Waals surface area (Å²) in [5.74, 6) is -0.0890. The van der Waals surface area contributed by atoms with Gasteiger partial charge >= 0.3 is 0 Å². The SMILES string of the molecule is NC1CCC(Nc2ncc(Cl)c(-c3cccc(F)n3)n2)CC1. The van der Waals surface area contributed by atoms with Gasteiger partial charge in [0.15, 0.2) is 0 Å². The maximum atomic E-state index is 13.3. The first kappa shape index (κ1) is 15.1. The minimum absolute atomic E-state index is 0.288. The van der Waals surface area contributed by atoms with Crippen LogP contribution in [0, 0.1) is 5.95 Å². The molecule has 0 atom stereocenters. The molecule has 0 spiro atoms. The van der Waals surface area contributed by atoms with Gasteiger partial charge in [-0.05, 0) is 37.8 Å². The molecular formula is C15H17ClFN5. The Morgan fingerprint density at radius 3 is 2.68 bits per heavy atom. The lowest BCUT2D eigenvalue weighted by Gasteiger charge is -2.26. The standard InChI is InChI=1S/C15H17ClFN5/c16-11-8-19-15(20-10-6-4-9(18)5-7-10)22-14(11)12-2-1-3-13(17)21-12/h1-3,8-10H,4-7,18H2,(H,19,20,22). The van der Waals surface area contributed by atoms with Gasteiger partial charge in [-0.25, -0.2) is 15.0 Å². The summed E-state index contributed by atoms with van der Waals surface area (Å²) in [6.45, 7) is 0. The molecule has 0 saturated heterocycles. The summed E-state index contributed by atoms with van der Waals surface area (Å²) in [4.78, 5) is 12.4. The molecule has 0 bridgehead atoms. The van der Waals surface area contributed by atoms with Gasteiger partial charge in [-0.2, -0.15) is 4.39 Å². The van der Waals surface area contributed by atoms with Crippen LogP contribution in [0.4, 0.5) is 10.3 Å². The van der Waals surface area contributed by atoms with Crippen LogP contribution in [0.1, 0.15) is 25.7 Å². The van der Waals surface area contributed by atoms with E-state index >= 15 is 0 Å². The molecule has 0 aromatic carbocycles. The molecule has 1 aliphatic rings. The second-order valence-corrected chi connectivity index (χ2v) is 5.90. The molecule has 0 aliphatic heterocycles. The summed E-state index contributed by atoms with van der Waals surface area (Å²) in [6, 6.07) is 5.11. The van der Waals surface area contributed by atoms with E-state index in [1.807, 2.05) is 0 Å². The predicted molar refractivity (Wildman–Crippen MR) is 84.1 cm³/mol. The van der Waals surface area contributed by atoms with Crippen molar-refractivity contribution in [2.24, 2.45) is 5.73 Å². The lowest BCUT2D eigenvalue weighted by Crippen LogP contribution is -2.33. The number of pyridine rings is 1. The summed E-state index contributed by atoms with van der Waals surface area (Å²) in [7, 11) is 0. The predicted octanol–water partition coefficient (Wildman–Crippen LogP) is 3.01. The molecule has 2 aromatic rings. The van der Waals surface area contributed by atoms with E-state index in [9.17, 15) is 4.39 Å². The monoisotopic (exact) mass is 321 g/mol. The average Bonchev–Trinajstić information content (AvgIpc) is 2.51. The molecule has 22 heavy (non-hydrogen) atoms. The minimum Gasteiger partial charge on any atom is -0.351 e. The molecule has 1 saturated carbocycles. The summed E-state index contributed by atoms with van der Waals surface area (Å²) >= 11 is 6.11. The smallest absolute Gasteiger partial charge is 0.223 e. The first-order chi connectivity index (χ1) is 10.6. The fourth-order valence-corrected chi connectivity index (χ4v) is 2.79. The van der Waals surface area contributed by atoms with Crippen molar-refractivity contribution in [3.05, 3.63) is 35.4 Å². The fraction of sp³-hybridized carbons (Fsp3) is 0.400. The number of nitrogens with zero attached hydrogens (tertiary/aromatic N) is 3. The summed E-state index contributed by atoms with van der Waals surface area (Å²) in [6.07, 6.45) is 5.46. The number of nitrogens with one attached hydrogen (secondary N) is 1. The third-order valence-corrected chi connectivity index (χ3v) is 4.08. The van der Waals surface area contributed by atoms with Gasteiger partial charge in [-0.1, -0.05) is 17.7 Å². The van der Waals surface area contributed by atoms with Crippen LogP contribution in [0.15, 0.2) is 24.4 Å². The van der Waals surface area contributed by atoms with Crippen molar-refractivity contribution in [2.75, 3.05) is 5.32 Å². The Labute approximate surface area is 133 Å². The molecule has 7 heteroatoms. The van der Waals surface area contributed by atoms with E-state index < -0.39 is 5.95 Å². The van der Waals surface area contributed by atoms with Crippen LogP contribution in [-0.2, 0) is 0 Å². The van der Waals surface area contributed by atoms with Crippen molar-refractivity contribution >= 4 is 17.5 Å². The Morgan fingerprint density at radius 1 is 1.18 bits per heavy atom. The van der Waals surface area contributed by atoms with E-state index in [0.717, 1.165) is 25.7 Å². The highest BCUT2D eigenvalue weighted by Gasteiger charge is 2.19. The molecule has 1 aliphatic carbocycles. The van der Waals surface area contributed by atoms with E-state index in [-0.39, 0.29) is 6.04 Å². The quantitative estimate of drug-likeness (QED) is 0.850. The highest BCUT2D eigenvalue weighted by Crippen LogP contribution is 2.26. The molecule has 116 valence electrons. The van der Waals surface area contributed by atoms with E-state index in [1.165, 1.54) is 12.3 Å². The fourth-order valence-electron chi connectivity index (χ4n) is 2.60. The summed E-state index contributed by atoms with van der Waals surface area (Å²) in [5.41, 5.74) is 6.72. The summed E-state index contributed by atoms with van der Waals surface area (Å²) < 4.78 is 13.3. The lowest BCUT2D eigenvalue weighted by atomic mass is 9.92. The first-order valence-corrected chi connectivity index (χ1v) is 7.67. The maximum absolute atomic E-state index is 13.3. The molecule has 3 rings (SSSR count). The van der Waals surface area contributed by atoms with Crippen molar-refractivity contribution in [1.29, 1.82) is 0 Å². The van der Waals surface area contributed by atoms with Crippen molar-refractivity contribution < 1.29 is 4.39 Å². The molecule has 1 fully saturated rings. The zero-order chi connectivity index (χ0) is 15.5. The molecular weight excluding hydrogens is 305 g/mol. The van der Waals surface area contributed by atoms with E-state index in [2.05, 4.69) is 20.3 Å². The number of hydrogen-bond acceptors (Lipinski definition) is 5. The van der Waals surface area contributed by atoms with Crippen molar-refractivity contribution in [1.82, 2.24) is 15.0 Å². The van der Waals surface area contributed by atoms with E-state index in [4.69, 9.17) is 17.3 Å². The zero-order valence-electron chi connectivity index (χ0n) is 12.0. The van der Waals surface area contributed by atoms with Crippen molar-refractivity contribution in [3.8, 4) is 11.4 Å². The van der Waals surface area contributed by atoms with Gasteiger partial charge < -0.3 is 11.1 Å². The number of aromatic nitrogens is 3. The number of halogens is 2. The van der Waals surface area contributed by atoms with Gasteiger partial charge in [-0.15, -0.1) is 0 Å². The highest BCUT2D eigenvalue weighted by molar-refractivity contribution is 6.32. The van der Waals surface area contributed by atoms with Crippen LogP contribution >= 0.6 is 11.6 Å². The lowest BCUT2D eigenvalue weighted by molar-refractivity contribution is 0.410. The topological polar surface area (TPSA) is 76.7 Å². The normalized spacial score (nSPS) is 21.6. The maximum Gasteiger partial charge on any atom is 0.223 e. The first-order valence-electron chi connectivity index (χ1n) is 7.29. The highest BCUT2D eigenvalue weighted by atomic mass is 35.5. The van der Waals surface area contributed by atoms with E-state index in [0.29, 0.717) is 28.4 Å². The Hall–Kier alpha value is -1.79. The Balaban J connectivity index is 1.81. The van der Waals surface area contributed by atoms with Gasteiger partial charge in [0, 0.05) is 12.1 Å². The van der Waals surface area contributed by atoms with Crippen LogP contribution < -0.4 is 11.1 Å². The van der Waals surface area contributed by atoms with Crippen LogP contribution in [0.25, 0.3) is 11.4 Å². The van der Waals surface area contributed by atoms with Crippen molar-refractivity contribution in [3.63, 3.8) is 0 Å². The van der Waals surface area contributed by atoms with Crippen LogP contribution in [0.2, 0.25) is 5.02 Å². The number of rotatable bonds is 3.